The minimum absolute atomic E-state index is 0.229. The molecule has 0 saturated carbocycles. The number of benzene rings is 3. The molecule has 0 aromatic heterocycles. The SMILES string of the molecule is CC(C)N1CCC(N2C[C@H](C)[C@H](NC3(c4ccccc4)c4ccccc4-c4ccccc43)C2=O)CC1. The smallest absolute Gasteiger partial charge is 0.240 e. The second-order valence-corrected chi connectivity index (χ2v) is 11.2. The minimum Gasteiger partial charge on any atom is -0.338 e. The molecular weight excluding hydrogens is 442 g/mol. The number of carbonyl (C=O) groups excluding carboxylic acids is 1. The van der Waals surface area contributed by atoms with Crippen LogP contribution in [-0.4, -0.2) is 53.5 Å². The topological polar surface area (TPSA) is 35.6 Å². The fourth-order valence-corrected chi connectivity index (χ4v) is 6.88. The molecule has 0 bridgehead atoms. The number of fused-ring (bicyclic) bond motifs is 3. The van der Waals surface area contributed by atoms with E-state index in [1.54, 1.807) is 0 Å². The molecule has 1 N–H and O–H groups in total. The molecule has 3 aromatic carbocycles. The number of rotatable bonds is 5. The van der Waals surface area contributed by atoms with Gasteiger partial charge in [0, 0.05) is 31.7 Å². The Morgan fingerprint density at radius 2 is 1.39 bits per heavy atom. The van der Waals surface area contributed by atoms with Crippen LogP contribution in [0.3, 0.4) is 0 Å². The standard InChI is InChI=1S/C32H37N3O/c1-22(2)34-19-17-25(18-20-34)35-21-23(3)30(31(35)36)33-32(24-11-5-4-6-12-24)28-15-9-7-13-26(28)27-14-8-10-16-29(27)32/h4-16,22-23,25,30,33H,17-21H2,1-3H3/t23-,30-/m0/s1. The van der Waals surface area contributed by atoms with Gasteiger partial charge in [-0.2, -0.15) is 0 Å². The highest BCUT2D eigenvalue weighted by Crippen LogP contribution is 2.51. The summed E-state index contributed by atoms with van der Waals surface area (Å²) in [7, 11) is 0. The van der Waals surface area contributed by atoms with Crippen LogP contribution in [0, 0.1) is 5.92 Å². The van der Waals surface area contributed by atoms with Gasteiger partial charge in [0.05, 0.1) is 11.6 Å². The van der Waals surface area contributed by atoms with Crippen molar-refractivity contribution in [2.45, 2.75) is 57.3 Å². The van der Waals surface area contributed by atoms with E-state index in [2.05, 4.69) is 115 Å². The molecule has 3 aliphatic rings. The van der Waals surface area contributed by atoms with E-state index >= 15 is 0 Å². The molecule has 6 rings (SSSR count). The summed E-state index contributed by atoms with van der Waals surface area (Å²) in [5, 5.41) is 4.01. The average Bonchev–Trinajstić information content (AvgIpc) is 3.37. The molecule has 0 radical (unpaired) electrons. The summed E-state index contributed by atoms with van der Waals surface area (Å²) in [5.74, 6) is 0.504. The number of likely N-dealkylation sites (tertiary alicyclic amines) is 2. The molecule has 0 unspecified atom stereocenters. The van der Waals surface area contributed by atoms with Crippen LogP contribution in [-0.2, 0) is 10.3 Å². The molecule has 0 spiro atoms. The molecule has 2 saturated heterocycles. The van der Waals surface area contributed by atoms with E-state index in [4.69, 9.17) is 0 Å². The first-order chi connectivity index (χ1) is 17.5. The second-order valence-electron chi connectivity index (χ2n) is 11.2. The van der Waals surface area contributed by atoms with E-state index in [-0.39, 0.29) is 17.9 Å². The first-order valence-corrected chi connectivity index (χ1v) is 13.6. The maximum atomic E-state index is 14.1. The lowest BCUT2D eigenvalue weighted by Crippen LogP contribution is -2.54. The van der Waals surface area contributed by atoms with Gasteiger partial charge in [-0.05, 0) is 60.4 Å². The van der Waals surface area contributed by atoms with Gasteiger partial charge in [0.25, 0.3) is 0 Å². The van der Waals surface area contributed by atoms with E-state index in [1.807, 2.05) is 0 Å². The summed E-state index contributed by atoms with van der Waals surface area (Å²) >= 11 is 0. The highest BCUT2D eigenvalue weighted by atomic mass is 16.2. The molecule has 1 aliphatic carbocycles. The van der Waals surface area contributed by atoms with E-state index < -0.39 is 5.54 Å². The van der Waals surface area contributed by atoms with E-state index in [0.29, 0.717) is 12.1 Å². The molecule has 2 fully saturated rings. The van der Waals surface area contributed by atoms with Crippen molar-refractivity contribution in [1.82, 2.24) is 15.1 Å². The van der Waals surface area contributed by atoms with Crippen molar-refractivity contribution in [2.75, 3.05) is 19.6 Å². The summed E-state index contributed by atoms with van der Waals surface area (Å²) < 4.78 is 0. The Labute approximate surface area is 215 Å². The van der Waals surface area contributed by atoms with Crippen LogP contribution in [0.4, 0.5) is 0 Å². The average molecular weight is 480 g/mol. The number of nitrogens with one attached hydrogen (secondary N) is 1. The van der Waals surface area contributed by atoms with Crippen molar-refractivity contribution in [3.8, 4) is 11.1 Å². The number of piperidine rings is 1. The Morgan fingerprint density at radius 3 is 1.97 bits per heavy atom. The molecule has 4 heteroatoms. The maximum Gasteiger partial charge on any atom is 0.240 e. The summed E-state index contributed by atoms with van der Waals surface area (Å²) in [5.41, 5.74) is 5.61. The van der Waals surface area contributed by atoms with Crippen LogP contribution >= 0.6 is 0 Å². The Balaban J connectivity index is 1.38. The fraction of sp³-hybridized carbons (Fsp3) is 0.406. The molecule has 36 heavy (non-hydrogen) atoms. The number of hydrogen-bond acceptors (Lipinski definition) is 3. The molecule has 186 valence electrons. The van der Waals surface area contributed by atoms with Crippen molar-refractivity contribution in [1.29, 1.82) is 0 Å². The van der Waals surface area contributed by atoms with Crippen LogP contribution in [0.25, 0.3) is 11.1 Å². The first-order valence-electron chi connectivity index (χ1n) is 13.6. The van der Waals surface area contributed by atoms with Crippen molar-refractivity contribution in [3.05, 3.63) is 95.6 Å². The van der Waals surface area contributed by atoms with E-state index in [1.165, 1.54) is 27.8 Å². The zero-order valence-electron chi connectivity index (χ0n) is 21.7. The van der Waals surface area contributed by atoms with Gasteiger partial charge in [0.15, 0.2) is 0 Å². The van der Waals surface area contributed by atoms with Crippen LogP contribution in [0.15, 0.2) is 78.9 Å². The van der Waals surface area contributed by atoms with Gasteiger partial charge in [-0.1, -0.05) is 85.8 Å². The lowest BCUT2D eigenvalue weighted by molar-refractivity contribution is -0.132. The number of carbonyl (C=O) groups is 1. The monoisotopic (exact) mass is 479 g/mol. The predicted molar refractivity (Wildman–Crippen MR) is 146 cm³/mol. The summed E-state index contributed by atoms with van der Waals surface area (Å²) in [4.78, 5) is 18.8. The van der Waals surface area contributed by atoms with Crippen molar-refractivity contribution >= 4 is 5.91 Å². The van der Waals surface area contributed by atoms with Crippen LogP contribution in [0.1, 0.15) is 50.3 Å². The maximum absolute atomic E-state index is 14.1. The normalized spacial score (nSPS) is 23.8. The van der Waals surface area contributed by atoms with Gasteiger partial charge >= 0.3 is 0 Å². The Morgan fingerprint density at radius 1 is 0.833 bits per heavy atom. The molecule has 1 amide bonds. The van der Waals surface area contributed by atoms with Gasteiger partial charge in [-0.25, -0.2) is 0 Å². The highest BCUT2D eigenvalue weighted by Gasteiger charge is 2.50. The third-order valence-electron chi connectivity index (χ3n) is 8.80. The fourth-order valence-electron chi connectivity index (χ4n) is 6.88. The van der Waals surface area contributed by atoms with Crippen LogP contribution < -0.4 is 5.32 Å². The first kappa shape index (κ1) is 23.4. The Kier molecular flexibility index (Phi) is 5.97. The van der Waals surface area contributed by atoms with Gasteiger partial charge in [0.1, 0.15) is 0 Å². The second kappa shape index (κ2) is 9.17. The minimum atomic E-state index is -0.556. The van der Waals surface area contributed by atoms with Gasteiger partial charge in [-0.15, -0.1) is 0 Å². The van der Waals surface area contributed by atoms with E-state index in [0.717, 1.165) is 32.5 Å². The molecule has 2 aliphatic heterocycles. The van der Waals surface area contributed by atoms with Crippen molar-refractivity contribution < 1.29 is 4.79 Å². The molecular formula is C32H37N3O. The quantitative estimate of drug-likeness (QED) is 0.542. The van der Waals surface area contributed by atoms with Crippen molar-refractivity contribution in [3.63, 3.8) is 0 Å². The number of amides is 1. The largest absolute Gasteiger partial charge is 0.338 e. The summed E-state index contributed by atoms with van der Waals surface area (Å²) in [6.07, 6.45) is 2.14. The molecule has 4 nitrogen and oxygen atoms in total. The predicted octanol–water partition coefficient (Wildman–Crippen LogP) is 5.27. The van der Waals surface area contributed by atoms with Gasteiger partial charge < -0.3 is 9.80 Å². The molecule has 2 atom stereocenters. The Bertz CT molecular complexity index is 1200. The van der Waals surface area contributed by atoms with Crippen molar-refractivity contribution in [2.24, 2.45) is 5.92 Å². The van der Waals surface area contributed by atoms with Crippen LogP contribution in [0.5, 0.6) is 0 Å². The lowest BCUT2D eigenvalue weighted by Gasteiger charge is -2.39. The third kappa shape index (κ3) is 3.62. The number of nitrogens with zero attached hydrogens (tertiary/aromatic N) is 2. The zero-order chi connectivity index (χ0) is 24.9. The van der Waals surface area contributed by atoms with Gasteiger partial charge in [-0.3, -0.25) is 10.1 Å². The van der Waals surface area contributed by atoms with Crippen LogP contribution in [0.2, 0.25) is 0 Å². The summed E-state index contributed by atoms with van der Waals surface area (Å²) in [6, 6.07) is 28.8. The lowest BCUT2D eigenvalue weighted by atomic mass is 9.79. The molecule has 3 aromatic rings. The third-order valence-corrected chi connectivity index (χ3v) is 8.80. The molecule has 2 heterocycles. The Hall–Kier alpha value is -2.95. The van der Waals surface area contributed by atoms with Gasteiger partial charge in [0.2, 0.25) is 5.91 Å². The highest BCUT2D eigenvalue weighted by molar-refractivity contribution is 5.87. The number of hydrogen-bond donors (Lipinski definition) is 1. The van der Waals surface area contributed by atoms with E-state index in [9.17, 15) is 4.79 Å². The summed E-state index contributed by atoms with van der Waals surface area (Å²) in [6.45, 7) is 9.76. The zero-order valence-corrected chi connectivity index (χ0v) is 21.7.